The number of hydrogen-bond donors (Lipinski definition) is 1. The average Bonchev–Trinajstić information content (AvgIpc) is 2.27. The van der Waals surface area contributed by atoms with Gasteiger partial charge in [-0.15, -0.1) is 0 Å². The van der Waals surface area contributed by atoms with Crippen molar-refractivity contribution in [3.8, 4) is 0 Å². The van der Waals surface area contributed by atoms with Crippen molar-refractivity contribution in [2.45, 2.75) is 24.7 Å². The Morgan fingerprint density at radius 1 is 1.60 bits per heavy atom. The van der Waals surface area contributed by atoms with Crippen molar-refractivity contribution in [3.63, 3.8) is 0 Å². The van der Waals surface area contributed by atoms with Crippen molar-refractivity contribution >= 4 is 17.0 Å². The van der Waals surface area contributed by atoms with Crippen LogP contribution in [0.25, 0.3) is 0 Å². The van der Waals surface area contributed by atoms with Gasteiger partial charge in [0.15, 0.2) is 0 Å². The molecule has 1 aromatic heterocycles. The van der Waals surface area contributed by atoms with E-state index in [1.807, 2.05) is 0 Å². The molecule has 1 N–H and O–H groups in total. The highest BCUT2D eigenvalue weighted by Gasteiger charge is 2.03. The van der Waals surface area contributed by atoms with Gasteiger partial charge in [0.1, 0.15) is 0 Å². The lowest BCUT2D eigenvalue weighted by Crippen LogP contribution is -1.99. The highest BCUT2D eigenvalue weighted by atomic mass is 32.2. The summed E-state index contributed by atoms with van der Waals surface area (Å²) in [4.78, 5) is 4.72. The first-order valence-corrected chi connectivity index (χ1v) is 6.11. The summed E-state index contributed by atoms with van der Waals surface area (Å²) in [6, 6.07) is 3.43. The maximum absolute atomic E-state index is 11.7. The second-order valence-corrected chi connectivity index (χ2v) is 4.64. The molecule has 15 heavy (non-hydrogen) atoms. The Balaban J connectivity index is 2.66. The monoisotopic (exact) mass is 226 g/mol. The molecule has 0 spiro atoms. The number of pyridine rings is 1. The molecule has 5 heteroatoms. The van der Waals surface area contributed by atoms with Gasteiger partial charge in [-0.3, -0.25) is 9.19 Å². The molecule has 0 radical (unpaired) electrons. The maximum Gasteiger partial charge on any atom is 0.0918 e. The smallest absolute Gasteiger partial charge is 0.0918 e. The fourth-order valence-electron chi connectivity index (χ4n) is 1.06. The van der Waals surface area contributed by atoms with Crippen molar-refractivity contribution in [2.24, 2.45) is 5.16 Å². The van der Waals surface area contributed by atoms with Gasteiger partial charge < -0.3 is 5.21 Å². The molecular weight excluding hydrogens is 212 g/mol. The van der Waals surface area contributed by atoms with Crippen molar-refractivity contribution in [2.75, 3.05) is 5.75 Å². The van der Waals surface area contributed by atoms with Crippen LogP contribution in [-0.2, 0) is 10.8 Å². The molecule has 1 heterocycles. The largest absolute Gasteiger partial charge is 0.411 e. The van der Waals surface area contributed by atoms with Gasteiger partial charge >= 0.3 is 0 Å². The zero-order valence-electron chi connectivity index (χ0n) is 8.59. The van der Waals surface area contributed by atoms with Crippen LogP contribution in [-0.4, -0.2) is 26.4 Å². The zero-order chi connectivity index (χ0) is 11.1. The fourth-order valence-corrected chi connectivity index (χ4v) is 2.23. The average molecular weight is 226 g/mol. The standard InChI is InChI=1S/C10H14N2O2S/c1-2-3-6-15(14)10-5-4-9(7-12-13)11-8-10/h4-5,7-8,13H,2-3,6H2,1H3/b12-7+. The molecule has 0 saturated heterocycles. The molecular formula is C10H14N2O2S. The molecule has 82 valence electrons. The molecule has 0 aliphatic rings. The summed E-state index contributed by atoms with van der Waals surface area (Å²) in [5, 5.41) is 11.2. The highest BCUT2D eigenvalue weighted by Crippen LogP contribution is 2.07. The predicted octanol–water partition coefficient (Wildman–Crippen LogP) is 1.80. The van der Waals surface area contributed by atoms with Gasteiger partial charge in [0, 0.05) is 11.9 Å². The summed E-state index contributed by atoms with van der Waals surface area (Å²) < 4.78 is 11.7. The van der Waals surface area contributed by atoms with Gasteiger partial charge in [0.05, 0.1) is 27.6 Å². The van der Waals surface area contributed by atoms with Gasteiger partial charge in [0.25, 0.3) is 0 Å². The molecule has 1 unspecified atom stereocenters. The Labute approximate surface area is 91.5 Å². The maximum atomic E-state index is 11.7. The first kappa shape index (κ1) is 11.8. The molecule has 1 aromatic rings. The molecule has 0 saturated carbocycles. The van der Waals surface area contributed by atoms with E-state index in [0.717, 1.165) is 17.7 Å². The second kappa shape index (κ2) is 6.29. The van der Waals surface area contributed by atoms with Crippen LogP contribution < -0.4 is 0 Å². The number of aromatic nitrogens is 1. The van der Waals surface area contributed by atoms with Crippen LogP contribution in [0.15, 0.2) is 28.4 Å². The van der Waals surface area contributed by atoms with Crippen molar-refractivity contribution in [1.29, 1.82) is 0 Å². The lowest BCUT2D eigenvalue weighted by atomic mass is 10.4. The molecule has 0 fully saturated rings. The van der Waals surface area contributed by atoms with E-state index in [1.165, 1.54) is 6.21 Å². The Kier molecular flexibility index (Phi) is 4.97. The number of nitrogens with zero attached hydrogens (tertiary/aromatic N) is 2. The number of oxime groups is 1. The quantitative estimate of drug-likeness (QED) is 0.473. The third kappa shape index (κ3) is 3.79. The third-order valence-corrected chi connectivity index (χ3v) is 3.32. The fraction of sp³-hybridized carbons (Fsp3) is 0.400. The SMILES string of the molecule is CCCCS(=O)c1ccc(/C=N/O)nc1. The minimum atomic E-state index is -0.965. The highest BCUT2D eigenvalue weighted by molar-refractivity contribution is 7.85. The lowest BCUT2D eigenvalue weighted by Gasteiger charge is -2.00. The molecule has 4 nitrogen and oxygen atoms in total. The minimum absolute atomic E-state index is 0.550. The lowest BCUT2D eigenvalue weighted by molar-refractivity contribution is 0.321. The van der Waals surface area contributed by atoms with E-state index in [0.29, 0.717) is 11.4 Å². The number of unbranched alkanes of at least 4 members (excludes halogenated alkanes) is 1. The molecule has 0 bridgehead atoms. The van der Waals surface area contributed by atoms with Crippen LogP contribution in [0.2, 0.25) is 0 Å². The van der Waals surface area contributed by atoms with E-state index in [4.69, 9.17) is 5.21 Å². The van der Waals surface area contributed by atoms with Gasteiger partial charge in [-0.1, -0.05) is 18.5 Å². The normalized spacial score (nSPS) is 13.1. The van der Waals surface area contributed by atoms with E-state index in [-0.39, 0.29) is 0 Å². The zero-order valence-corrected chi connectivity index (χ0v) is 9.41. The first-order valence-electron chi connectivity index (χ1n) is 4.79. The van der Waals surface area contributed by atoms with Crippen LogP contribution in [0, 0.1) is 0 Å². The first-order chi connectivity index (χ1) is 7.27. The summed E-state index contributed by atoms with van der Waals surface area (Å²) >= 11 is 0. The summed E-state index contributed by atoms with van der Waals surface area (Å²) in [6.45, 7) is 2.07. The van der Waals surface area contributed by atoms with Crippen LogP contribution in [0.3, 0.4) is 0 Å². The molecule has 0 aliphatic heterocycles. The summed E-state index contributed by atoms with van der Waals surface area (Å²) in [7, 11) is -0.965. The van der Waals surface area contributed by atoms with Crippen LogP contribution >= 0.6 is 0 Å². The summed E-state index contributed by atoms with van der Waals surface area (Å²) in [6.07, 6.45) is 4.78. The van der Waals surface area contributed by atoms with Crippen molar-refractivity contribution < 1.29 is 9.42 Å². The molecule has 0 aromatic carbocycles. The molecule has 0 amide bonds. The van der Waals surface area contributed by atoms with Crippen LogP contribution in [0.1, 0.15) is 25.5 Å². The summed E-state index contributed by atoms with van der Waals surface area (Å²) in [5.41, 5.74) is 0.550. The van der Waals surface area contributed by atoms with Gasteiger partial charge in [-0.05, 0) is 18.6 Å². The number of rotatable bonds is 5. The Morgan fingerprint density at radius 2 is 2.40 bits per heavy atom. The van der Waals surface area contributed by atoms with Gasteiger partial charge in [0.2, 0.25) is 0 Å². The van der Waals surface area contributed by atoms with E-state index in [1.54, 1.807) is 18.3 Å². The Bertz CT molecular complexity index is 349. The van der Waals surface area contributed by atoms with E-state index in [2.05, 4.69) is 17.1 Å². The molecule has 1 atom stereocenters. The Hall–Kier alpha value is -1.23. The van der Waals surface area contributed by atoms with Crippen LogP contribution in [0.4, 0.5) is 0 Å². The molecule has 0 aliphatic carbocycles. The Morgan fingerprint density at radius 3 is 2.93 bits per heavy atom. The second-order valence-electron chi connectivity index (χ2n) is 3.07. The van der Waals surface area contributed by atoms with E-state index >= 15 is 0 Å². The summed E-state index contributed by atoms with van der Waals surface area (Å²) in [5.74, 6) is 0.672. The number of hydrogen-bond acceptors (Lipinski definition) is 4. The third-order valence-electron chi connectivity index (χ3n) is 1.90. The van der Waals surface area contributed by atoms with E-state index in [9.17, 15) is 4.21 Å². The predicted molar refractivity (Wildman–Crippen MR) is 59.8 cm³/mol. The minimum Gasteiger partial charge on any atom is -0.411 e. The van der Waals surface area contributed by atoms with Gasteiger partial charge in [-0.2, -0.15) is 0 Å². The van der Waals surface area contributed by atoms with Gasteiger partial charge in [-0.25, -0.2) is 0 Å². The van der Waals surface area contributed by atoms with E-state index < -0.39 is 10.8 Å². The van der Waals surface area contributed by atoms with Crippen molar-refractivity contribution in [3.05, 3.63) is 24.0 Å². The van der Waals surface area contributed by atoms with Crippen LogP contribution in [0.5, 0.6) is 0 Å². The topological polar surface area (TPSA) is 62.5 Å². The molecule has 1 rings (SSSR count). The van der Waals surface area contributed by atoms with Crippen molar-refractivity contribution in [1.82, 2.24) is 4.98 Å².